The first-order valence-electron chi connectivity index (χ1n) is 8.83. The first-order valence-corrected chi connectivity index (χ1v) is 8.83. The highest BCUT2D eigenvalue weighted by atomic mass is 16.5. The van der Waals surface area contributed by atoms with Gasteiger partial charge in [-0.25, -0.2) is 0 Å². The summed E-state index contributed by atoms with van der Waals surface area (Å²) < 4.78 is 11.8. The van der Waals surface area contributed by atoms with Gasteiger partial charge in [-0.3, -0.25) is 0 Å². The van der Waals surface area contributed by atoms with E-state index in [1.165, 1.54) is 0 Å². The van der Waals surface area contributed by atoms with Gasteiger partial charge >= 0.3 is 0 Å². The maximum atomic E-state index is 9.69. The van der Waals surface area contributed by atoms with Crippen LogP contribution in [0.3, 0.4) is 0 Å². The number of aliphatic hydroxyl groups is 4. The topological polar surface area (TPSA) is 99.4 Å². The number of hydrogen-bond acceptors (Lipinski definition) is 6. The van der Waals surface area contributed by atoms with Gasteiger partial charge in [0, 0.05) is 21.5 Å². The van der Waals surface area contributed by atoms with Crippen molar-refractivity contribution in [3.63, 3.8) is 0 Å². The monoisotopic (exact) mass is 372 g/mol. The van der Waals surface area contributed by atoms with Gasteiger partial charge in [0.15, 0.2) is 0 Å². The maximum absolute atomic E-state index is 9.69. The quantitative estimate of drug-likeness (QED) is 0.450. The predicted octanol–water partition coefficient (Wildman–Crippen LogP) is 1.77. The number of ether oxygens (including phenoxy) is 2. The minimum atomic E-state index is -0.973. The lowest BCUT2D eigenvalue weighted by Crippen LogP contribution is -2.22. The summed E-state index contributed by atoms with van der Waals surface area (Å²) in [6, 6.07) is 13.4. The third-order valence-corrected chi connectivity index (χ3v) is 4.34. The van der Waals surface area contributed by atoms with Crippen LogP contribution in [0.1, 0.15) is 5.56 Å². The van der Waals surface area contributed by atoms with Crippen LogP contribution in [0.15, 0.2) is 42.5 Å². The second kappa shape index (κ2) is 8.54. The molecule has 0 spiro atoms. The Labute approximate surface area is 157 Å². The van der Waals surface area contributed by atoms with Gasteiger partial charge in [0.1, 0.15) is 36.9 Å². The number of benzene rings is 3. The highest BCUT2D eigenvalue weighted by Crippen LogP contribution is 2.43. The van der Waals surface area contributed by atoms with Gasteiger partial charge < -0.3 is 29.9 Å². The first-order chi connectivity index (χ1) is 13.0. The lowest BCUT2D eigenvalue weighted by molar-refractivity contribution is 0.0539. The molecule has 0 aliphatic heterocycles. The summed E-state index contributed by atoms with van der Waals surface area (Å²) in [6.07, 6.45) is -1.95. The van der Waals surface area contributed by atoms with Crippen molar-refractivity contribution in [1.29, 1.82) is 0 Å². The van der Waals surface area contributed by atoms with E-state index in [9.17, 15) is 10.2 Å². The highest BCUT2D eigenvalue weighted by Gasteiger charge is 2.18. The lowest BCUT2D eigenvalue weighted by Gasteiger charge is -2.19. The van der Waals surface area contributed by atoms with E-state index in [1.807, 2.05) is 49.4 Å². The normalized spacial score (nSPS) is 13.7. The number of rotatable bonds is 8. The molecule has 3 aromatic carbocycles. The Morgan fingerprint density at radius 3 is 1.74 bits per heavy atom. The Bertz CT molecular complexity index is 923. The zero-order valence-electron chi connectivity index (χ0n) is 15.1. The van der Waals surface area contributed by atoms with Crippen LogP contribution in [-0.4, -0.2) is 59.1 Å². The summed E-state index contributed by atoms with van der Waals surface area (Å²) in [4.78, 5) is 0. The lowest BCUT2D eigenvalue weighted by atomic mass is 9.99. The summed E-state index contributed by atoms with van der Waals surface area (Å²) in [6.45, 7) is 1.14. The molecule has 6 nitrogen and oxygen atoms in total. The second-order valence-electron chi connectivity index (χ2n) is 6.55. The summed E-state index contributed by atoms with van der Waals surface area (Å²) in [5, 5.41) is 40.7. The van der Waals surface area contributed by atoms with E-state index in [4.69, 9.17) is 19.7 Å². The van der Waals surface area contributed by atoms with E-state index >= 15 is 0 Å². The van der Waals surface area contributed by atoms with Crippen LogP contribution in [-0.2, 0) is 0 Å². The van der Waals surface area contributed by atoms with Gasteiger partial charge in [0.2, 0.25) is 0 Å². The summed E-state index contributed by atoms with van der Waals surface area (Å²) in [5.74, 6) is 1.20. The van der Waals surface area contributed by atoms with Gasteiger partial charge in [-0.2, -0.15) is 0 Å². The largest absolute Gasteiger partial charge is 0.489 e. The van der Waals surface area contributed by atoms with Crippen LogP contribution in [0, 0.1) is 6.92 Å². The molecule has 2 atom stereocenters. The molecule has 0 aliphatic rings. The number of fused-ring (bicyclic) bond motifs is 2. The fraction of sp³-hybridized carbons (Fsp3) is 0.333. The minimum absolute atomic E-state index is 0.0348. The van der Waals surface area contributed by atoms with Crippen molar-refractivity contribution in [2.45, 2.75) is 19.1 Å². The van der Waals surface area contributed by atoms with Crippen molar-refractivity contribution in [3.8, 4) is 11.5 Å². The average Bonchev–Trinajstić information content (AvgIpc) is 2.69. The van der Waals surface area contributed by atoms with Crippen LogP contribution in [0.2, 0.25) is 0 Å². The molecule has 0 radical (unpaired) electrons. The van der Waals surface area contributed by atoms with Gasteiger partial charge in [-0.15, -0.1) is 0 Å². The van der Waals surface area contributed by atoms with Crippen molar-refractivity contribution in [2.75, 3.05) is 26.4 Å². The zero-order valence-corrected chi connectivity index (χ0v) is 15.1. The first kappa shape index (κ1) is 19.4. The minimum Gasteiger partial charge on any atom is -0.489 e. The molecule has 3 aromatic rings. The molecule has 0 aromatic heterocycles. The van der Waals surface area contributed by atoms with Crippen LogP contribution in [0.25, 0.3) is 21.5 Å². The molecule has 3 rings (SSSR count). The van der Waals surface area contributed by atoms with Crippen LogP contribution < -0.4 is 9.47 Å². The van der Waals surface area contributed by atoms with Gasteiger partial charge in [0.05, 0.1) is 13.2 Å². The molecule has 2 unspecified atom stereocenters. The highest BCUT2D eigenvalue weighted by molar-refractivity contribution is 6.11. The average molecular weight is 372 g/mol. The Morgan fingerprint density at radius 2 is 1.22 bits per heavy atom. The van der Waals surface area contributed by atoms with Crippen molar-refractivity contribution in [3.05, 3.63) is 48.0 Å². The van der Waals surface area contributed by atoms with Crippen molar-refractivity contribution >= 4 is 21.5 Å². The second-order valence-corrected chi connectivity index (χ2v) is 6.55. The Balaban J connectivity index is 2.19. The third kappa shape index (κ3) is 4.14. The fourth-order valence-electron chi connectivity index (χ4n) is 2.99. The van der Waals surface area contributed by atoms with Crippen LogP contribution in [0.5, 0.6) is 11.5 Å². The Hall–Kier alpha value is -2.38. The van der Waals surface area contributed by atoms with E-state index in [-0.39, 0.29) is 26.4 Å². The van der Waals surface area contributed by atoms with Crippen LogP contribution in [0.4, 0.5) is 0 Å². The summed E-state index contributed by atoms with van der Waals surface area (Å²) in [7, 11) is 0. The van der Waals surface area contributed by atoms with Crippen LogP contribution >= 0.6 is 0 Å². The molecular formula is C21H24O6. The number of aliphatic hydroxyl groups excluding tert-OH is 4. The Morgan fingerprint density at radius 1 is 0.741 bits per heavy atom. The Kier molecular flexibility index (Phi) is 6.13. The molecule has 0 heterocycles. The van der Waals surface area contributed by atoms with Gasteiger partial charge in [-0.05, 0) is 13.0 Å². The molecule has 27 heavy (non-hydrogen) atoms. The molecule has 144 valence electrons. The molecule has 0 aliphatic carbocycles. The van der Waals surface area contributed by atoms with Gasteiger partial charge in [-0.1, -0.05) is 42.0 Å². The SMILES string of the molecule is Cc1ccc2c(OCC(O)CO)c3ccccc3c(OCC(O)CO)c2c1. The van der Waals surface area contributed by atoms with E-state index < -0.39 is 12.2 Å². The van der Waals surface area contributed by atoms with Crippen molar-refractivity contribution in [1.82, 2.24) is 0 Å². The smallest absolute Gasteiger partial charge is 0.135 e. The predicted molar refractivity (Wildman–Crippen MR) is 103 cm³/mol. The molecular weight excluding hydrogens is 348 g/mol. The number of aryl methyl sites for hydroxylation is 1. The molecule has 0 amide bonds. The standard InChI is InChI=1S/C21H24O6/c1-13-6-7-18-19(8-13)21(27-12-15(25)10-23)17-5-3-2-4-16(17)20(18)26-11-14(24)9-22/h2-8,14-15,22-25H,9-12H2,1H3. The fourth-order valence-corrected chi connectivity index (χ4v) is 2.99. The van der Waals surface area contributed by atoms with E-state index in [2.05, 4.69) is 0 Å². The molecule has 0 saturated carbocycles. The van der Waals surface area contributed by atoms with Gasteiger partial charge in [0.25, 0.3) is 0 Å². The van der Waals surface area contributed by atoms with E-state index in [0.717, 1.165) is 27.1 Å². The van der Waals surface area contributed by atoms with E-state index in [1.54, 1.807) is 0 Å². The molecule has 0 fully saturated rings. The third-order valence-electron chi connectivity index (χ3n) is 4.34. The number of hydrogen-bond donors (Lipinski definition) is 4. The maximum Gasteiger partial charge on any atom is 0.135 e. The molecule has 6 heteroatoms. The summed E-state index contributed by atoms with van der Waals surface area (Å²) >= 11 is 0. The molecule has 0 saturated heterocycles. The molecule has 4 N–H and O–H groups in total. The van der Waals surface area contributed by atoms with E-state index in [0.29, 0.717) is 11.5 Å². The van der Waals surface area contributed by atoms with Crippen molar-refractivity contribution in [2.24, 2.45) is 0 Å². The van der Waals surface area contributed by atoms with Crippen molar-refractivity contribution < 1.29 is 29.9 Å². The zero-order chi connectivity index (χ0) is 19.4. The summed E-state index contributed by atoms with van der Waals surface area (Å²) in [5.41, 5.74) is 1.03. The molecule has 0 bridgehead atoms.